The number of imidazole rings is 1. The van der Waals surface area contributed by atoms with Gasteiger partial charge in [0.2, 0.25) is 0 Å². The third-order valence-corrected chi connectivity index (χ3v) is 6.21. The molecule has 0 saturated carbocycles. The minimum absolute atomic E-state index is 0.236. The second kappa shape index (κ2) is 9.96. The topological polar surface area (TPSA) is 120 Å². The van der Waals surface area contributed by atoms with Crippen LogP contribution in [0, 0.1) is 0 Å². The number of hydrogen-bond acceptors (Lipinski definition) is 7. The number of urea groups is 1. The Kier molecular flexibility index (Phi) is 6.86. The highest BCUT2D eigenvalue weighted by atomic mass is 32.2. The first kappa shape index (κ1) is 22.0. The summed E-state index contributed by atoms with van der Waals surface area (Å²) in [5.41, 5.74) is 1.81. The van der Waals surface area contributed by atoms with Crippen LogP contribution >= 0.6 is 23.5 Å². The standard InChI is InChI=1S/C21H21N5O4S2/c1-2-22-19(28)23-10-5-11-26-18(27)16(31-21(26)29)12-13-8-9-17(30-13)32-20-24-14-6-3-4-7-15(14)25-20/h3-4,6-9,12H,2,5,10-11H2,1H3,(H,24,25)(H2,22,23,28)/b16-12-. The Labute approximate surface area is 192 Å². The number of furan rings is 1. The smallest absolute Gasteiger partial charge is 0.314 e. The maximum Gasteiger partial charge on any atom is 0.314 e. The number of amides is 4. The lowest BCUT2D eigenvalue weighted by atomic mass is 10.3. The summed E-state index contributed by atoms with van der Waals surface area (Å²) in [4.78, 5) is 45.4. The predicted molar refractivity (Wildman–Crippen MR) is 123 cm³/mol. The van der Waals surface area contributed by atoms with Crippen LogP contribution in [-0.2, 0) is 4.79 Å². The van der Waals surface area contributed by atoms with Gasteiger partial charge in [0.25, 0.3) is 11.1 Å². The molecule has 0 bridgehead atoms. The van der Waals surface area contributed by atoms with Crippen LogP contribution in [0.4, 0.5) is 9.59 Å². The predicted octanol–water partition coefficient (Wildman–Crippen LogP) is 4.05. The Morgan fingerprint density at radius 2 is 2.09 bits per heavy atom. The molecule has 0 radical (unpaired) electrons. The summed E-state index contributed by atoms with van der Waals surface area (Å²) in [5, 5.41) is 6.28. The van der Waals surface area contributed by atoms with Gasteiger partial charge in [0.1, 0.15) is 5.76 Å². The van der Waals surface area contributed by atoms with Crippen molar-refractivity contribution in [1.29, 1.82) is 0 Å². The summed E-state index contributed by atoms with van der Waals surface area (Å²) >= 11 is 2.22. The maximum atomic E-state index is 12.6. The fraction of sp³-hybridized carbons (Fsp3) is 0.238. The molecule has 0 spiro atoms. The number of carbonyl (C=O) groups excluding carboxylic acids is 3. The average Bonchev–Trinajstić information content (AvgIpc) is 3.45. The van der Waals surface area contributed by atoms with E-state index in [9.17, 15) is 14.4 Å². The van der Waals surface area contributed by atoms with Gasteiger partial charge in [0.05, 0.1) is 15.9 Å². The number of nitrogens with zero attached hydrogens (tertiary/aromatic N) is 2. The molecule has 1 fully saturated rings. The number of thioether (sulfide) groups is 1. The third kappa shape index (κ3) is 5.17. The quantitative estimate of drug-likeness (QED) is 0.335. The van der Waals surface area contributed by atoms with Crippen LogP contribution in [0.25, 0.3) is 17.1 Å². The molecule has 9 nitrogen and oxygen atoms in total. The zero-order chi connectivity index (χ0) is 22.5. The van der Waals surface area contributed by atoms with E-state index < -0.39 is 0 Å². The molecule has 3 N–H and O–H groups in total. The summed E-state index contributed by atoms with van der Waals surface area (Å²) in [7, 11) is 0. The van der Waals surface area contributed by atoms with Crippen LogP contribution in [0.3, 0.4) is 0 Å². The Bertz CT molecular complexity index is 1150. The van der Waals surface area contributed by atoms with E-state index in [1.54, 1.807) is 18.2 Å². The van der Waals surface area contributed by atoms with Gasteiger partial charge in [-0.2, -0.15) is 0 Å². The van der Waals surface area contributed by atoms with Crippen molar-refractivity contribution in [3.63, 3.8) is 0 Å². The molecule has 11 heteroatoms. The first-order chi connectivity index (χ1) is 15.5. The van der Waals surface area contributed by atoms with Crippen molar-refractivity contribution in [2.75, 3.05) is 19.6 Å². The first-order valence-corrected chi connectivity index (χ1v) is 11.7. The summed E-state index contributed by atoms with van der Waals surface area (Å²) in [6.45, 7) is 2.96. The van der Waals surface area contributed by atoms with Gasteiger partial charge in [-0.25, -0.2) is 9.78 Å². The number of hydrogen-bond donors (Lipinski definition) is 3. The zero-order valence-corrected chi connectivity index (χ0v) is 18.8. The van der Waals surface area contributed by atoms with Gasteiger partial charge in [-0.05, 0) is 61.1 Å². The molecular formula is C21H21N5O4S2. The van der Waals surface area contributed by atoms with Gasteiger partial charge in [-0.3, -0.25) is 14.5 Å². The number of aromatic amines is 1. The number of imide groups is 1. The van der Waals surface area contributed by atoms with Gasteiger partial charge < -0.3 is 20.0 Å². The molecule has 0 atom stereocenters. The van der Waals surface area contributed by atoms with Gasteiger partial charge >= 0.3 is 6.03 Å². The normalized spacial score (nSPS) is 15.2. The van der Waals surface area contributed by atoms with E-state index in [0.29, 0.717) is 40.4 Å². The van der Waals surface area contributed by atoms with Gasteiger partial charge in [-0.15, -0.1) is 0 Å². The highest BCUT2D eigenvalue weighted by Crippen LogP contribution is 2.34. The molecule has 4 rings (SSSR count). The lowest BCUT2D eigenvalue weighted by Crippen LogP contribution is -2.37. The van der Waals surface area contributed by atoms with Crippen molar-refractivity contribution in [2.45, 2.75) is 23.6 Å². The molecule has 1 saturated heterocycles. The SMILES string of the molecule is CCNC(=O)NCCCN1C(=O)S/C(=C\c2ccc(Sc3nc4ccccc4[nH]3)o2)C1=O. The number of fused-ring (bicyclic) bond motifs is 1. The van der Waals surface area contributed by atoms with E-state index in [4.69, 9.17) is 4.42 Å². The average molecular weight is 472 g/mol. The molecule has 3 aromatic rings. The number of rotatable bonds is 8. The third-order valence-electron chi connectivity index (χ3n) is 4.50. The van der Waals surface area contributed by atoms with E-state index in [2.05, 4.69) is 20.6 Å². The van der Waals surface area contributed by atoms with Crippen LogP contribution in [0.15, 0.2) is 56.0 Å². The van der Waals surface area contributed by atoms with Crippen LogP contribution < -0.4 is 10.6 Å². The Hall–Kier alpha value is -3.18. The molecule has 1 aliphatic heterocycles. The van der Waals surface area contributed by atoms with Crippen LogP contribution in [0.2, 0.25) is 0 Å². The summed E-state index contributed by atoms with van der Waals surface area (Å²) < 4.78 is 5.79. The van der Waals surface area contributed by atoms with Crippen molar-refractivity contribution in [3.8, 4) is 0 Å². The van der Waals surface area contributed by atoms with Gasteiger partial charge in [0, 0.05) is 25.7 Å². The van der Waals surface area contributed by atoms with Crippen LogP contribution in [0.1, 0.15) is 19.1 Å². The molecule has 2 aromatic heterocycles. The van der Waals surface area contributed by atoms with Crippen LogP contribution in [-0.4, -0.2) is 51.7 Å². The summed E-state index contributed by atoms with van der Waals surface area (Å²) in [6, 6.07) is 11.0. The van der Waals surface area contributed by atoms with E-state index >= 15 is 0 Å². The largest absolute Gasteiger partial charge is 0.450 e. The molecule has 0 unspecified atom stereocenters. The number of H-pyrrole nitrogens is 1. The molecular weight excluding hydrogens is 450 g/mol. The number of benzene rings is 1. The first-order valence-electron chi connectivity index (χ1n) is 10.0. The molecule has 166 valence electrons. The lowest BCUT2D eigenvalue weighted by molar-refractivity contribution is -0.122. The number of carbonyl (C=O) groups is 3. The summed E-state index contributed by atoms with van der Waals surface area (Å²) in [6.07, 6.45) is 2.04. The van der Waals surface area contributed by atoms with Crippen molar-refractivity contribution in [3.05, 3.63) is 47.1 Å². The molecule has 1 aliphatic rings. The highest BCUT2D eigenvalue weighted by Gasteiger charge is 2.34. The van der Waals surface area contributed by atoms with E-state index in [0.717, 1.165) is 22.8 Å². The Balaban J connectivity index is 1.34. The van der Waals surface area contributed by atoms with Crippen molar-refractivity contribution < 1.29 is 18.8 Å². The van der Waals surface area contributed by atoms with E-state index in [1.807, 2.05) is 31.2 Å². The van der Waals surface area contributed by atoms with Crippen molar-refractivity contribution in [2.24, 2.45) is 0 Å². The van der Waals surface area contributed by atoms with Gasteiger partial charge in [0.15, 0.2) is 10.2 Å². The molecule has 4 amide bonds. The number of para-hydroxylation sites is 2. The van der Waals surface area contributed by atoms with Crippen LogP contribution in [0.5, 0.6) is 0 Å². The van der Waals surface area contributed by atoms with Crippen molar-refractivity contribution in [1.82, 2.24) is 25.5 Å². The summed E-state index contributed by atoms with van der Waals surface area (Å²) in [5.74, 6) is 0.118. The highest BCUT2D eigenvalue weighted by molar-refractivity contribution is 8.18. The maximum absolute atomic E-state index is 12.6. The second-order valence-electron chi connectivity index (χ2n) is 6.79. The fourth-order valence-electron chi connectivity index (χ4n) is 3.02. The lowest BCUT2D eigenvalue weighted by Gasteiger charge is -2.12. The van der Waals surface area contributed by atoms with Gasteiger partial charge in [-0.1, -0.05) is 12.1 Å². The second-order valence-corrected chi connectivity index (χ2v) is 8.78. The molecule has 3 heterocycles. The zero-order valence-electron chi connectivity index (χ0n) is 17.2. The monoisotopic (exact) mass is 471 g/mol. The van der Waals surface area contributed by atoms with E-state index in [-0.39, 0.29) is 23.7 Å². The molecule has 32 heavy (non-hydrogen) atoms. The Morgan fingerprint density at radius 1 is 1.25 bits per heavy atom. The Morgan fingerprint density at radius 3 is 2.91 bits per heavy atom. The number of nitrogens with one attached hydrogen (secondary N) is 3. The minimum Gasteiger partial charge on any atom is -0.450 e. The minimum atomic E-state index is -0.360. The van der Waals surface area contributed by atoms with E-state index in [1.165, 1.54) is 16.7 Å². The number of aromatic nitrogens is 2. The fourth-order valence-corrected chi connectivity index (χ4v) is 4.64. The van der Waals surface area contributed by atoms with Crippen molar-refractivity contribution >= 4 is 57.8 Å². The molecule has 0 aliphatic carbocycles. The molecule has 1 aromatic carbocycles.